The Morgan fingerprint density at radius 2 is 1.91 bits per heavy atom. The molecule has 1 saturated heterocycles. The number of fused-ring (bicyclic) bond motifs is 1. The van der Waals surface area contributed by atoms with Crippen LogP contribution in [0.2, 0.25) is 5.02 Å². The van der Waals surface area contributed by atoms with Crippen LogP contribution in [-0.4, -0.2) is 42.9 Å². The molecule has 0 spiro atoms. The Bertz CT molecular complexity index is 1100. The van der Waals surface area contributed by atoms with Crippen molar-refractivity contribution in [1.82, 2.24) is 4.90 Å². The molecule has 1 fully saturated rings. The third-order valence-corrected chi connectivity index (χ3v) is 6.02. The number of ether oxygens (including phenoxy) is 2. The van der Waals surface area contributed by atoms with Crippen LogP contribution in [0.3, 0.4) is 0 Å². The minimum Gasteiger partial charge on any atom is -0.493 e. The highest BCUT2D eigenvalue weighted by Gasteiger charge is 2.20. The topological polar surface area (TPSA) is 82.5 Å². The summed E-state index contributed by atoms with van der Waals surface area (Å²) >= 11 is 6.15. The van der Waals surface area contributed by atoms with Crippen LogP contribution in [0.25, 0.3) is 11.0 Å². The van der Waals surface area contributed by atoms with Gasteiger partial charge >= 0.3 is 0 Å². The molecule has 2 aromatic carbocycles. The van der Waals surface area contributed by atoms with E-state index in [1.54, 1.807) is 6.07 Å². The number of likely N-dealkylation sites (tertiary alicyclic amines) is 1. The monoisotopic (exact) mass is 453 g/mol. The van der Waals surface area contributed by atoms with Gasteiger partial charge in [0.1, 0.15) is 11.3 Å². The highest BCUT2D eigenvalue weighted by molar-refractivity contribution is 6.30. The smallest absolute Gasteiger partial charge is 0.256 e. The second-order valence-corrected chi connectivity index (χ2v) is 8.58. The number of rotatable bonds is 7. The maximum absolute atomic E-state index is 7.91. The largest absolute Gasteiger partial charge is 0.493 e. The highest BCUT2D eigenvalue weighted by Crippen LogP contribution is 2.31. The Balaban J connectivity index is 1.26. The number of nitrogens with zero attached hydrogens (tertiary/aromatic N) is 1. The van der Waals surface area contributed by atoms with E-state index >= 15 is 0 Å². The second-order valence-electron chi connectivity index (χ2n) is 8.14. The van der Waals surface area contributed by atoms with Crippen molar-refractivity contribution >= 4 is 34.4 Å². The standard InChI is InChI=1S/C25H28ClN3O3/c1-17(27)31-25(28)24-16-21-22(7-3-8-23(21)32-24)30-14-4-11-29-12-9-18(10-13-29)19-5-2-6-20(26)15-19/h2-3,5-8,15-16,18,27-28H,4,9-14H2,1H3. The first-order valence-corrected chi connectivity index (χ1v) is 11.3. The SMILES string of the molecule is CC(=N)OC(=N)c1cc2c(OCCCN3CCC(c4cccc(Cl)c4)CC3)cccc2o1. The number of benzene rings is 2. The molecule has 0 amide bonds. The number of furan rings is 1. The molecule has 2 heterocycles. The third kappa shape index (κ3) is 5.50. The Labute approximate surface area is 193 Å². The molecule has 0 bridgehead atoms. The molecule has 0 saturated carbocycles. The number of nitrogens with one attached hydrogen (secondary N) is 2. The van der Waals surface area contributed by atoms with Crippen LogP contribution >= 0.6 is 11.6 Å². The zero-order chi connectivity index (χ0) is 22.5. The Kier molecular flexibility index (Phi) is 7.12. The van der Waals surface area contributed by atoms with Gasteiger partial charge in [-0.3, -0.25) is 10.8 Å². The van der Waals surface area contributed by atoms with Crippen molar-refractivity contribution in [2.75, 3.05) is 26.2 Å². The van der Waals surface area contributed by atoms with Gasteiger partial charge in [-0.15, -0.1) is 0 Å². The van der Waals surface area contributed by atoms with Crippen LogP contribution in [0, 0.1) is 10.8 Å². The average molecular weight is 454 g/mol. The van der Waals surface area contributed by atoms with Crippen molar-refractivity contribution < 1.29 is 13.9 Å². The van der Waals surface area contributed by atoms with E-state index in [1.165, 1.54) is 12.5 Å². The predicted octanol–water partition coefficient (Wildman–Crippen LogP) is 6.07. The molecule has 0 radical (unpaired) electrons. The molecule has 0 unspecified atom stereocenters. The normalized spacial score (nSPS) is 15.1. The molecule has 168 valence electrons. The van der Waals surface area contributed by atoms with E-state index in [9.17, 15) is 0 Å². The second kappa shape index (κ2) is 10.2. The Hall–Kier alpha value is -2.83. The molecule has 1 aromatic heterocycles. The fourth-order valence-electron chi connectivity index (χ4n) is 4.20. The number of hydrogen-bond acceptors (Lipinski definition) is 6. The lowest BCUT2D eigenvalue weighted by molar-refractivity contribution is 0.193. The zero-order valence-electron chi connectivity index (χ0n) is 18.2. The first-order chi connectivity index (χ1) is 15.5. The Morgan fingerprint density at radius 1 is 1.12 bits per heavy atom. The predicted molar refractivity (Wildman–Crippen MR) is 128 cm³/mol. The molecular formula is C25H28ClN3O3. The van der Waals surface area contributed by atoms with Gasteiger partial charge in [-0.1, -0.05) is 29.8 Å². The summed E-state index contributed by atoms with van der Waals surface area (Å²) < 4.78 is 16.8. The van der Waals surface area contributed by atoms with Crippen molar-refractivity contribution in [2.45, 2.75) is 32.1 Å². The van der Waals surface area contributed by atoms with Crippen molar-refractivity contribution in [2.24, 2.45) is 0 Å². The summed E-state index contributed by atoms with van der Waals surface area (Å²) in [5.41, 5.74) is 1.99. The van der Waals surface area contributed by atoms with Gasteiger partial charge < -0.3 is 18.8 Å². The van der Waals surface area contributed by atoms with Gasteiger partial charge in [0.2, 0.25) is 0 Å². The molecule has 1 aliphatic rings. The summed E-state index contributed by atoms with van der Waals surface area (Å²) in [4.78, 5) is 2.50. The fraction of sp³-hybridized carbons (Fsp3) is 0.360. The molecule has 4 rings (SSSR count). The average Bonchev–Trinajstić information content (AvgIpc) is 3.22. The van der Waals surface area contributed by atoms with Crippen LogP contribution in [0.5, 0.6) is 5.75 Å². The summed E-state index contributed by atoms with van der Waals surface area (Å²) in [6.07, 6.45) is 3.25. The number of hydrogen-bond donors (Lipinski definition) is 2. The molecule has 32 heavy (non-hydrogen) atoms. The van der Waals surface area contributed by atoms with Gasteiger partial charge in [0.15, 0.2) is 11.7 Å². The van der Waals surface area contributed by atoms with E-state index < -0.39 is 0 Å². The number of halogens is 1. The lowest BCUT2D eigenvalue weighted by Gasteiger charge is -2.32. The lowest BCUT2D eigenvalue weighted by atomic mass is 9.89. The minimum absolute atomic E-state index is 0.0523. The summed E-state index contributed by atoms with van der Waals surface area (Å²) in [6.45, 7) is 5.28. The molecule has 7 heteroatoms. The Morgan fingerprint density at radius 3 is 2.66 bits per heavy atom. The van der Waals surface area contributed by atoms with Gasteiger partial charge in [0, 0.05) is 24.6 Å². The zero-order valence-corrected chi connectivity index (χ0v) is 19.0. The van der Waals surface area contributed by atoms with Crippen molar-refractivity contribution in [1.29, 1.82) is 10.8 Å². The van der Waals surface area contributed by atoms with E-state index in [-0.39, 0.29) is 17.6 Å². The van der Waals surface area contributed by atoms with Gasteiger partial charge in [0.25, 0.3) is 5.90 Å². The van der Waals surface area contributed by atoms with Crippen molar-refractivity contribution in [3.05, 3.63) is 64.9 Å². The van der Waals surface area contributed by atoms with Gasteiger partial charge in [-0.25, -0.2) is 0 Å². The van der Waals surface area contributed by atoms with Crippen LogP contribution in [0.1, 0.15) is 43.4 Å². The summed E-state index contributed by atoms with van der Waals surface area (Å²) in [6, 6.07) is 15.6. The van der Waals surface area contributed by atoms with E-state index in [1.807, 2.05) is 30.3 Å². The van der Waals surface area contributed by atoms with Crippen LogP contribution < -0.4 is 4.74 Å². The maximum atomic E-state index is 7.91. The summed E-state index contributed by atoms with van der Waals surface area (Å²) in [7, 11) is 0. The molecule has 0 atom stereocenters. The first-order valence-electron chi connectivity index (χ1n) is 10.9. The van der Waals surface area contributed by atoms with Gasteiger partial charge in [0.05, 0.1) is 12.0 Å². The van der Waals surface area contributed by atoms with Crippen molar-refractivity contribution in [3.63, 3.8) is 0 Å². The number of piperidine rings is 1. The van der Waals surface area contributed by atoms with Crippen LogP contribution in [0.15, 0.2) is 52.9 Å². The fourth-order valence-corrected chi connectivity index (χ4v) is 4.39. The first kappa shape index (κ1) is 22.4. The molecular weight excluding hydrogens is 426 g/mol. The van der Waals surface area contributed by atoms with Crippen LogP contribution in [-0.2, 0) is 4.74 Å². The molecule has 0 aliphatic carbocycles. The van der Waals surface area contributed by atoms with E-state index in [0.717, 1.165) is 55.1 Å². The molecule has 3 aromatic rings. The molecule has 1 aliphatic heterocycles. The molecule has 6 nitrogen and oxygen atoms in total. The van der Waals surface area contributed by atoms with E-state index in [2.05, 4.69) is 17.0 Å². The quantitative estimate of drug-likeness (QED) is 0.258. The summed E-state index contributed by atoms with van der Waals surface area (Å²) in [5.74, 6) is 1.37. The van der Waals surface area contributed by atoms with Gasteiger partial charge in [-0.05, 0) is 68.1 Å². The highest BCUT2D eigenvalue weighted by atomic mass is 35.5. The van der Waals surface area contributed by atoms with Gasteiger partial charge in [-0.2, -0.15) is 0 Å². The minimum atomic E-state index is -0.180. The van der Waals surface area contributed by atoms with Crippen LogP contribution in [0.4, 0.5) is 0 Å². The third-order valence-electron chi connectivity index (χ3n) is 5.78. The summed E-state index contributed by atoms with van der Waals surface area (Å²) in [5, 5.41) is 16.9. The maximum Gasteiger partial charge on any atom is 0.256 e. The van der Waals surface area contributed by atoms with E-state index in [4.69, 9.17) is 36.3 Å². The molecule has 2 N–H and O–H groups in total. The van der Waals surface area contributed by atoms with Crippen molar-refractivity contribution in [3.8, 4) is 5.75 Å². The van der Waals surface area contributed by atoms with E-state index in [0.29, 0.717) is 18.1 Å². The lowest BCUT2D eigenvalue weighted by Crippen LogP contribution is -2.34.